The molecule has 1 unspecified atom stereocenters. The second-order valence-electron chi connectivity index (χ2n) is 8.09. The molecule has 0 aliphatic carbocycles. The minimum Gasteiger partial charge on any atom is -0.478 e. The molecule has 4 heterocycles. The van der Waals surface area contributed by atoms with Crippen molar-refractivity contribution in [2.75, 3.05) is 18.5 Å². The zero-order valence-electron chi connectivity index (χ0n) is 17.3. The van der Waals surface area contributed by atoms with Crippen molar-refractivity contribution >= 4 is 38.2 Å². The topological polar surface area (TPSA) is 129 Å². The van der Waals surface area contributed by atoms with Crippen LogP contribution in [0.15, 0.2) is 34.2 Å². The van der Waals surface area contributed by atoms with Gasteiger partial charge in [-0.05, 0) is 43.4 Å². The molecular formula is C21H24N4O5S2. The van der Waals surface area contributed by atoms with E-state index in [0.29, 0.717) is 48.1 Å². The van der Waals surface area contributed by atoms with Gasteiger partial charge in [-0.1, -0.05) is 12.1 Å². The fourth-order valence-corrected chi connectivity index (χ4v) is 6.80. The molecule has 4 N–H and O–H groups in total. The number of aromatic carboxylic acids is 1. The second kappa shape index (κ2) is 8.47. The Balaban J connectivity index is 1.35. The zero-order valence-corrected chi connectivity index (χ0v) is 18.9. The molecule has 11 heteroatoms. The molecular weight excluding hydrogens is 452 g/mol. The first-order valence-corrected chi connectivity index (χ1v) is 12.9. The van der Waals surface area contributed by atoms with E-state index in [-0.39, 0.29) is 17.2 Å². The van der Waals surface area contributed by atoms with E-state index >= 15 is 0 Å². The molecule has 2 atom stereocenters. The molecule has 0 amide bonds. The normalized spacial score (nSPS) is 25.1. The van der Waals surface area contributed by atoms with Crippen molar-refractivity contribution in [2.24, 2.45) is 4.99 Å². The second-order valence-corrected chi connectivity index (χ2v) is 10.8. The monoisotopic (exact) mass is 476 g/mol. The Labute approximate surface area is 190 Å². The van der Waals surface area contributed by atoms with Crippen molar-refractivity contribution in [1.82, 2.24) is 10.0 Å². The summed E-state index contributed by atoms with van der Waals surface area (Å²) in [6, 6.07) is 6.64. The highest BCUT2D eigenvalue weighted by Gasteiger charge is 2.32. The molecule has 1 aromatic carbocycles. The van der Waals surface area contributed by atoms with Crippen LogP contribution in [0.4, 0.5) is 5.00 Å². The van der Waals surface area contributed by atoms with Gasteiger partial charge in [-0.3, -0.25) is 9.71 Å². The average molecular weight is 477 g/mol. The fourth-order valence-electron chi connectivity index (χ4n) is 4.34. The van der Waals surface area contributed by atoms with Gasteiger partial charge in [0.25, 0.3) is 10.0 Å². The number of carboxylic acids is 1. The van der Waals surface area contributed by atoms with Crippen LogP contribution in [0, 0.1) is 0 Å². The summed E-state index contributed by atoms with van der Waals surface area (Å²) in [5, 5.41) is 17.2. The van der Waals surface area contributed by atoms with Crippen LogP contribution in [0.2, 0.25) is 0 Å². The number of anilines is 1. The summed E-state index contributed by atoms with van der Waals surface area (Å²) in [6.45, 7) is 1.56. The number of carboxylic acid groups (broad SMARTS) is 1. The van der Waals surface area contributed by atoms with Gasteiger partial charge in [0.05, 0.1) is 17.0 Å². The van der Waals surface area contributed by atoms with Crippen LogP contribution in [0.1, 0.15) is 45.6 Å². The number of aliphatic imine (C=N–C) groups is 1. The van der Waals surface area contributed by atoms with Crippen LogP contribution in [-0.2, 0) is 27.7 Å². The predicted molar refractivity (Wildman–Crippen MR) is 121 cm³/mol. The number of benzene rings is 1. The molecule has 3 aliphatic heterocycles. The largest absolute Gasteiger partial charge is 0.478 e. The van der Waals surface area contributed by atoms with Crippen molar-refractivity contribution in [3.05, 3.63) is 45.8 Å². The van der Waals surface area contributed by atoms with Crippen molar-refractivity contribution in [3.8, 4) is 0 Å². The van der Waals surface area contributed by atoms with Crippen molar-refractivity contribution in [2.45, 2.75) is 49.4 Å². The number of carbonyl (C=O) groups is 1. The molecule has 1 fully saturated rings. The quantitative estimate of drug-likeness (QED) is 0.520. The van der Waals surface area contributed by atoms with Crippen LogP contribution in [0.25, 0.3) is 0 Å². The van der Waals surface area contributed by atoms with Crippen LogP contribution in [0.5, 0.6) is 0 Å². The molecule has 1 aromatic heterocycles. The van der Waals surface area contributed by atoms with E-state index in [2.05, 4.69) is 20.3 Å². The maximum absolute atomic E-state index is 12.3. The van der Waals surface area contributed by atoms with Crippen molar-refractivity contribution < 1.29 is 23.1 Å². The van der Waals surface area contributed by atoms with Crippen LogP contribution < -0.4 is 15.4 Å². The first-order valence-electron chi connectivity index (χ1n) is 10.6. The van der Waals surface area contributed by atoms with Crippen LogP contribution in [-0.4, -0.2) is 50.8 Å². The Morgan fingerprint density at radius 1 is 1.31 bits per heavy atom. The first-order chi connectivity index (χ1) is 15.4. The summed E-state index contributed by atoms with van der Waals surface area (Å²) in [5.41, 5.74) is 1.69. The van der Waals surface area contributed by atoms with E-state index in [1.165, 1.54) is 11.3 Å². The number of amidine groups is 1. The molecule has 1 saturated heterocycles. The minimum absolute atomic E-state index is 0.0984. The summed E-state index contributed by atoms with van der Waals surface area (Å²) in [4.78, 5) is 17.8. The van der Waals surface area contributed by atoms with Gasteiger partial charge in [0.2, 0.25) is 0 Å². The van der Waals surface area contributed by atoms with Gasteiger partial charge in [0.15, 0.2) is 0 Å². The summed E-state index contributed by atoms with van der Waals surface area (Å²) in [5.74, 6) is -0.626. The molecule has 170 valence electrons. The van der Waals surface area contributed by atoms with E-state index in [0.717, 1.165) is 29.7 Å². The number of rotatable bonds is 5. The standard InChI is InChI=1S/C21H24N4O5S2/c26-21(27)18-14-9-12(10-23-19-13-5-1-2-6-16(13)32(28,29)25-19)22-11-15(14)31-20(18)24-17-7-3-4-8-30-17/h1-2,5-6,12,17,22,24H,3-4,7-11H2,(H,23,25)(H,26,27)/t12-,17?/m0/s1. The molecule has 0 spiro atoms. The van der Waals surface area contributed by atoms with Crippen LogP contribution in [0.3, 0.4) is 0 Å². The first kappa shape index (κ1) is 21.4. The molecule has 2 aromatic rings. The summed E-state index contributed by atoms with van der Waals surface area (Å²) in [6.07, 6.45) is 3.29. The summed E-state index contributed by atoms with van der Waals surface area (Å²) in [7, 11) is -3.58. The Bertz CT molecular complexity index is 1180. The molecule has 9 nitrogen and oxygen atoms in total. The highest BCUT2D eigenvalue weighted by atomic mass is 32.2. The smallest absolute Gasteiger partial charge is 0.338 e. The molecule has 32 heavy (non-hydrogen) atoms. The molecule has 5 rings (SSSR count). The lowest BCUT2D eigenvalue weighted by molar-refractivity contribution is 0.0344. The number of thiophene rings is 1. The maximum atomic E-state index is 12.3. The van der Waals surface area contributed by atoms with Gasteiger partial charge in [-0.25, -0.2) is 13.2 Å². The lowest BCUT2D eigenvalue weighted by Crippen LogP contribution is -2.38. The average Bonchev–Trinajstić information content (AvgIpc) is 3.27. The third-order valence-electron chi connectivity index (χ3n) is 5.91. The van der Waals surface area contributed by atoms with Crippen molar-refractivity contribution in [1.29, 1.82) is 0 Å². The van der Waals surface area contributed by atoms with E-state index in [1.54, 1.807) is 24.3 Å². The highest BCUT2D eigenvalue weighted by Crippen LogP contribution is 2.37. The Hall–Kier alpha value is -2.47. The zero-order chi connectivity index (χ0) is 22.3. The van der Waals surface area contributed by atoms with Gasteiger partial charge in [-0.2, -0.15) is 0 Å². The number of nitrogens with zero attached hydrogens (tertiary/aromatic N) is 1. The highest BCUT2D eigenvalue weighted by molar-refractivity contribution is 7.90. The number of fused-ring (bicyclic) bond motifs is 2. The Morgan fingerprint density at radius 2 is 2.16 bits per heavy atom. The fraction of sp³-hybridized carbons (Fsp3) is 0.429. The van der Waals surface area contributed by atoms with E-state index < -0.39 is 16.0 Å². The molecule has 0 radical (unpaired) electrons. The number of hydrogen-bond acceptors (Lipinski definition) is 8. The van der Waals surface area contributed by atoms with Gasteiger partial charge >= 0.3 is 5.97 Å². The lowest BCUT2D eigenvalue weighted by Gasteiger charge is -2.24. The molecule has 3 aliphatic rings. The number of hydrogen-bond donors (Lipinski definition) is 4. The predicted octanol–water partition coefficient (Wildman–Crippen LogP) is 2.14. The Morgan fingerprint density at radius 3 is 2.94 bits per heavy atom. The third kappa shape index (κ3) is 4.01. The molecule has 0 bridgehead atoms. The number of nitrogens with one attached hydrogen (secondary N) is 3. The van der Waals surface area contributed by atoms with Gasteiger partial charge in [0, 0.05) is 29.6 Å². The van der Waals surface area contributed by atoms with Crippen molar-refractivity contribution in [3.63, 3.8) is 0 Å². The van der Waals surface area contributed by atoms with Crippen LogP contribution >= 0.6 is 11.3 Å². The van der Waals surface area contributed by atoms with Gasteiger partial charge in [-0.15, -0.1) is 11.3 Å². The minimum atomic E-state index is -3.58. The summed E-state index contributed by atoms with van der Waals surface area (Å²) < 4.78 is 32.8. The third-order valence-corrected chi connectivity index (χ3v) is 8.47. The number of ether oxygens (including phenoxy) is 1. The Kier molecular flexibility index (Phi) is 5.66. The maximum Gasteiger partial charge on any atom is 0.338 e. The van der Waals surface area contributed by atoms with Gasteiger partial charge in [0.1, 0.15) is 17.1 Å². The summed E-state index contributed by atoms with van der Waals surface area (Å²) >= 11 is 1.46. The van der Waals surface area contributed by atoms with E-state index in [9.17, 15) is 18.3 Å². The van der Waals surface area contributed by atoms with E-state index in [4.69, 9.17) is 4.74 Å². The van der Waals surface area contributed by atoms with Gasteiger partial charge < -0.3 is 20.5 Å². The lowest BCUT2D eigenvalue weighted by atomic mass is 9.98. The molecule has 0 saturated carbocycles. The number of sulfonamides is 1. The SMILES string of the molecule is O=C(O)c1c(NC2CCCCO2)sc2c1C[C@@H](CN=C1NS(=O)(=O)c3ccccc31)NC2. The van der Waals surface area contributed by atoms with E-state index in [1.807, 2.05) is 0 Å².